The van der Waals surface area contributed by atoms with E-state index in [1.165, 1.54) is 0 Å². The Kier molecular flexibility index (Phi) is 2.30. The van der Waals surface area contributed by atoms with Crippen LogP contribution < -0.4 is 0 Å². The standard InChI is InChI=1S/C8H15NO/c1-3-7(2)9-6-4-5-8(9)10/h7H,3-6H2,1-2H3. The third kappa shape index (κ3) is 1.31. The molecule has 0 aromatic rings. The van der Waals surface area contributed by atoms with Crippen molar-refractivity contribution in [3.05, 3.63) is 0 Å². The van der Waals surface area contributed by atoms with Crippen LogP contribution in [0.1, 0.15) is 33.1 Å². The third-order valence-corrected chi connectivity index (χ3v) is 2.23. The molecule has 1 fully saturated rings. The van der Waals surface area contributed by atoms with E-state index in [-0.39, 0.29) is 0 Å². The molecule has 0 aliphatic carbocycles. The lowest BCUT2D eigenvalue weighted by atomic mass is 10.2. The van der Waals surface area contributed by atoms with Crippen LogP contribution in [0, 0.1) is 0 Å². The van der Waals surface area contributed by atoms with E-state index in [1.54, 1.807) is 0 Å². The van der Waals surface area contributed by atoms with Gasteiger partial charge in [-0.15, -0.1) is 0 Å². The van der Waals surface area contributed by atoms with Crippen LogP contribution in [0.4, 0.5) is 0 Å². The van der Waals surface area contributed by atoms with Gasteiger partial charge >= 0.3 is 0 Å². The van der Waals surface area contributed by atoms with Gasteiger partial charge in [-0.25, -0.2) is 0 Å². The Labute approximate surface area is 62.2 Å². The first kappa shape index (κ1) is 7.58. The molecule has 1 unspecified atom stereocenters. The van der Waals surface area contributed by atoms with Crippen molar-refractivity contribution in [2.75, 3.05) is 6.54 Å². The topological polar surface area (TPSA) is 20.3 Å². The molecule has 0 radical (unpaired) electrons. The molecule has 1 heterocycles. The van der Waals surface area contributed by atoms with Crippen molar-refractivity contribution >= 4 is 5.91 Å². The van der Waals surface area contributed by atoms with Crippen molar-refractivity contribution in [1.82, 2.24) is 4.90 Å². The Balaban J connectivity index is 2.46. The summed E-state index contributed by atoms with van der Waals surface area (Å²) >= 11 is 0. The molecule has 1 aliphatic rings. The van der Waals surface area contributed by atoms with E-state index in [2.05, 4.69) is 13.8 Å². The van der Waals surface area contributed by atoms with Gasteiger partial charge in [0.2, 0.25) is 5.91 Å². The van der Waals surface area contributed by atoms with E-state index in [4.69, 9.17) is 0 Å². The zero-order chi connectivity index (χ0) is 7.56. The highest BCUT2D eigenvalue weighted by Crippen LogP contribution is 2.14. The van der Waals surface area contributed by atoms with Gasteiger partial charge in [-0.05, 0) is 19.8 Å². The Hall–Kier alpha value is -0.530. The molecule has 2 heteroatoms. The van der Waals surface area contributed by atoms with Crippen LogP contribution in [0.5, 0.6) is 0 Å². The van der Waals surface area contributed by atoms with E-state index < -0.39 is 0 Å². The first-order valence-corrected chi connectivity index (χ1v) is 4.05. The fraction of sp³-hybridized carbons (Fsp3) is 0.875. The maximum Gasteiger partial charge on any atom is 0.222 e. The molecule has 1 aliphatic heterocycles. The lowest BCUT2D eigenvalue weighted by Crippen LogP contribution is -2.33. The quantitative estimate of drug-likeness (QED) is 0.569. The minimum absolute atomic E-state index is 0.342. The summed E-state index contributed by atoms with van der Waals surface area (Å²) in [5.74, 6) is 0.342. The number of carbonyl (C=O) groups excluding carboxylic acids is 1. The van der Waals surface area contributed by atoms with E-state index >= 15 is 0 Å². The number of carbonyl (C=O) groups is 1. The van der Waals surface area contributed by atoms with Gasteiger partial charge in [0, 0.05) is 19.0 Å². The van der Waals surface area contributed by atoms with Gasteiger partial charge in [0.1, 0.15) is 0 Å². The van der Waals surface area contributed by atoms with Crippen molar-refractivity contribution < 1.29 is 4.79 Å². The molecule has 0 N–H and O–H groups in total. The molecule has 0 aromatic heterocycles. The van der Waals surface area contributed by atoms with Gasteiger partial charge in [0.25, 0.3) is 0 Å². The van der Waals surface area contributed by atoms with E-state index in [9.17, 15) is 4.79 Å². The predicted molar refractivity (Wildman–Crippen MR) is 40.7 cm³/mol. The largest absolute Gasteiger partial charge is 0.340 e. The monoisotopic (exact) mass is 141 g/mol. The molecule has 0 aromatic carbocycles. The highest BCUT2D eigenvalue weighted by Gasteiger charge is 2.23. The normalized spacial score (nSPS) is 21.8. The van der Waals surface area contributed by atoms with Crippen LogP contribution in [0.3, 0.4) is 0 Å². The van der Waals surface area contributed by atoms with Crippen LogP contribution in [0.2, 0.25) is 0 Å². The zero-order valence-electron chi connectivity index (χ0n) is 6.76. The fourth-order valence-electron chi connectivity index (χ4n) is 1.36. The van der Waals surface area contributed by atoms with Crippen LogP contribution in [-0.4, -0.2) is 23.4 Å². The Morgan fingerprint density at radius 3 is 2.80 bits per heavy atom. The summed E-state index contributed by atoms with van der Waals surface area (Å²) < 4.78 is 0. The average Bonchev–Trinajstić information content (AvgIpc) is 2.34. The molecular weight excluding hydrogens is 126 g/mol. The second-order valence-corrected chi connectivity index (χ2v) is 2.95. The minimum Gasteiger partial charge on any atom is -0.340 e. The first-order chi connectivity index (χ1) is 4.75. The lowest BCUT2D eigenvalue weighted by Gasteiger charge is -2.22. The van der Waals surface area contributed by atoms with Gasteiger partial charge in [0.05, 0.1) is 0 Å². The van der Waals surface area contributed by atoms with Crippen LogP contribution in [0.15, 0.2) is 0 Å². The summed E-state index contributed by atoms with van der Waals surface area (Å²) in [5.41, 5.74) is 0. The van der Waals surface area contributed by atoms with Gasteiger partial charge < -0.3 is 4.90 Å². The molecule has 1 rings (SSSR count). The number of rotatable bonds is 2. The first-order valence-electron chi connectivity index (χ1n) is 4.05. The number of likely N-dealkylation sites (tertiary alicyclic amines) is 1. The van der Waals surface area contributed by atoms with Gasteiger partial charge in [-0.2, -0.15) is 0 Å². The fourth-order valence-corrected chi connectivity index (χ4v) is 1.36. The Morgan fingerprint density at radius 2 is 2.40 bits per heavy atom. The smallest absolute Gasteiger partial charge is 0.222 e. The molecule has 10 heavy (non-hydrogen) atoms. The molecule has 0 saturated carbocycles. The number of nitrogens with zero attached hydrogens (tertiary/aromatic N) is 1. The van der Waals surface area contributed by atoms with E-state index in [0.29, 0.717) is 11.9 Å². The number of amides is 1. The second-order valence-electron chi connectivity index (χ2n) is 2.95. The van der Waals surface area contributed by atoms with E-state index in [0.717, 1.165) is 25.8 Å². The van der Waals surface area contributed by atoms with Crippen LogP contribution in [0.25, 0.3) is 0 Å². The van der Waals surface area contributed by atoms with Crippen molar-refractivity contribution in [2.45, 2.75) is 39.2 Å². The summed E-state index contributed by atoms with van der Waals surface area (Å²) in [4.78, 5) is 13.1. The van der Waals surface area contributed by atoms with Gasteiger partial charge in [0.15, 0.2) is 0 Å². The Morgan fingerprint density at radius 1 is 1.70 bits per heavy atom. The van der Waals surface area contributed by atoms with Gasteiger partial charge in [-0.3, -0.25) is 4.79 Å². The van der Waals surface area contributed by atoms with Crippen molar-refractivity contribution in [2.24, 2.45) is 0 Å². The molecule has 0 spiro atoms. The average molecular weight is 141 g/mol. The van der Waals surface area contributed by atoms with Crippen LogP contribution >= 0.6 is 0 Å². The van der Waals surface area contributed by atoms with Crippen molar-refractivity contribution in [1.29, 1.82) is 0 Å². The third-order valence-electron chi connectivity index (χ3n) is 2.23. The molecule has 1 atom stereocenters. The summed E-state index contributed by atoms with van der Waals surface area (Å²) in [6.45, 7) is 5.22. The maximum absolute atomic E-state index is 11.1. The second kappa shape index (κ2) is 3.04. The van der Waals surface area contributed by atoms with Gasteiger partial charge in [-0.1, -0.05) is 6.92 Å². The van der Waals surface area contributed by atoms with E-state index in [1.807, 2.05) is 4.90 Å². The SMILES string of the molecule is CCC(C)N1CCCC1=O. The molecular formula is C8H15NO. The summed E-state index contributed by atoms with van der Waals surface area (Å²) in [6.07, 6.45) is 2.90. The minimum atomic E-state index is 0.342. The Bertz CT molecular complexity index is 133. The molecule has 2 nitrogen and oxygen atoms in total. The lowest BCUT2D eigenvalue weighted by molar-refractivity contribution is -0.129. The van der Waals surface area contributed by atoms with Crippen molar-refractivity contribution in [3.8, 4) is 0 Å². The summed E-state index contributed by atoms with van der Waals surface area (Å²) in [6, 6.07) is 0.454. The molecule has 58 valence electrons. The number of hydrogen-bond acceptors (Lipinski definition) is 1. The molecule has 0 bridgehead atoms. The maximum atomic E-state index is 11.1. The predicted octanol–water partition coefficient (Wildman–Crippen LogP) is 1.41. The number of hydrogen-bond donors (Lipinski definition) is 0. The summed E-state index contributed by atoms with van der Waals surface area (Å²) in [5, 5.41) is 0. The highest BCUT2D eigenvalue weighted by molar-refractivity contribution is 5.78. The van der Waals surface area contributed by atoms with Crippen molar-refractivity contribution in [3.63, 3.8) is 0 Å². The van der Waals surface area contributed by atoms with Crippen LogP contribution in [-0.2, 0) is 4.79 Å². The highest BCUT2D eigenvalue weighted by atomic mass is 16.2. The summed E-state index contributed by atoms with van der Waals surface area (Å²) in [7, 11) is 0. The molecule has 1 amide bonds. The molecule has 1 saturated heterocycles. The zero-order valence-corrected chi connectivity index (χ0v) is 6.76.